The van der Waals surface area contributed by atoms with Crippen LogP contribution in [0.15, 0.2) is 66.7 Å². The van der Waals surface area contributed by atoms with E-state index in [0.29, 0.717) is 22.6 Å². The summed E-state index contributed by atoms with van der Waals surface area (Å²) in [6.45, 7) is 2.22. The van der Waals surface area contributed by atoms with E-state index in [1.54, 1.807) is 30.3 Å². The minimum Gasteiger partial charge on any atom is -0.489 e. The van der Waals surface area contributed by atoms with E-state index in [0.717, 1.165) is 16.6 Å². The molecule has 0 saturated carbocycles. The van der Waals surface area contributed by atoms with Gasteiger partial charge in [0.05, 0.1) is 10.4 Å². The number of nitrogens with one attached hydrogen (secondary N) is 3. The van der Waals surface area contributed by atoms with E-state index < -0.39 is 11.0 Å². The highest BCUT2D eigenvalue weighted by atomic mass is 16.6. The van der Waals surface area contributed by atoms with Gasteiger partial charge in [0.2, 0.25) is 0 Å². The first-order chi connectivity index (χ1) is 15.0. The molecule has 4 aromatic rings. The molecular weight excluding hydrogens is 398 g/mol. The second-order valence-corrected chi connectivity index (χ2v) is 6.94. The number of nitro groups is 1. The van der Waals surface area contributed by atoms with Gasteiger partial charge < -0.3 is 10.1 Å². The van der Waals surface area contributed by atoms with Crippen LogP contribution in [0.3, 0.4) is 0 Å². The number of amides is 2. The van der Waals surface area contributed by atoms with Crippen LogP contribution in [0.2, 0.25) is 0 Å². The Kier molecular flexibility index (Phi) is 5.48. The minimum absolute atomic E-state index is 0.0307. The summed E-state index contributed by atoms with van der Waals surface area (Å²) >= 11 is 0. The van der Waals surface area contributed by atoms with Crippen molar-refractivity contribution in [3.05, 3.63) is 88.0 Å². The van der Waals surface area contributed by atoms with Gasteiger partial charge in [-0.25, -0.2) is 4.79 Å². The Balaban J connectivity index is 1.43. The minimum atomic E-state index is -0.443. The molecule has 0 saturated heterocycles. The number of aromatic amines is 1. The molecular formula is C22H19N5O4. The highest BCUT2D eigenvalue weighted by Gasteiger charge is 2.11. The quantitative estimate of drug-likeness (QED) is 0.301. The maximum absolute atomic E-state index is 12.3. The summed E-state index contributed by atoms with van der Waals surface area (Å²) in [5, 5.41) is 24.0. The molecule has 156 valence electrons. The van der Waals surface area contributed by atoms with Crippen molar-refractivity contribution in [2.75, 3.05) is 10.6 Å². The van der Waals surface area contributed by atoms with Crippen LogP contribution >= 0.6 is 0 Å². The third-order valence-electron chi connectivity index (χ3n) is 4.63. The largest absolute Gasteiger partial charge is 0.489 e. The van der Waals surface area contributed by atoms with Gasteiger partial charge in [0, 0.05) is 23.2 Å². The van der Waals surface area contributed by atoms with Crippen LogP contribution in [0.25, 0.3) is 10.9 Å². The second-order valence-electron chi connectivity index (χ2n) is 6.94. The van der Waals surface area contributed by atoms with Crippen molar-refractivity contribution in [2.45, 2.75) is 13.5 Å². The molecule has 9 nitrogen and oxygen atoms in total. The maximum Gasteiger partial charge on any atom is 0.324 e. The van der Waals surface area contributed by atoms with Crippen LogP contribution in [-0.2, 0) is 6.61 Å². The zero-order valence-electron chi connectivity index (χ0n) is 16.6. The van der Waals surface area contributed by atoms with Crippen molar-refractivity contribution in [1.29, 1.82) is 0 Å². The summed E-state index contributed by atoms with van der Waals surface area (Å²) in [5.74, 6) is 0.953. The normalized spacial score (nSPS) is 10.6. The van der Waals surface area contributed by atoms with Gasteiger partial charge in [-0.1, -0.05) is 17.7 Å². The number of carbonyl (C=O) groups excluding carboxylic acids is 1. The molecule has 31 heavy (non-hydrogen) atoms. The number of fused-ring (bicyclic) bond motifs is 1. The number of aromatic nitrogens is 2. The Bertz CT molecular complexity index is 1230. The third kappa shape index (κ3) is 4.78. The van der Waals surface area contributed by atoms with Gasteiger partial charge in [0.1, 0.15) is 12.4 Å². The lowest BCUT2D eigenvalue weighted by atomic mass is 10.2. The van der Waals surface area contributed by atoms with Crippen LogP contribution < -0.4 is 15.4 Å². The maximum atomic E-state index is 12.3. The Morgan fingerprint density at radius 2 is 1.81 bits per heavy atom. The van der Waals surface area contributed by atoms with Crippen LogP contribution in [0.4, 0.5) is 22.0 Å². The number of urea groups is 1. The Hall–Kier alpha value is -4.40. The molecule has 0 unspecified atom stereocenters. The smallest absolute Gasteiger partial charge is 0.324 e. The van der Waals surface area contributed by atoms with Crippen LogP contribution in [-0.4, -0.2) is 21.2 Å². The molecule has 0 bridgehead atoms. The molecule has 0 aliphatic rings. The molecule has 1 aromatic heterocycles. The van der Waals surface area contributed by atoms with Crippen molar-refractivity contribution in [3.8, 4) is 5.75 Å². The first-order valence-electron chi connectivity index (χ1n) is 9.47. The zero-order chi connectivity index (χ0) is 21.8. The van der Waals surface area contributed by atoms with Gasteiger partial charge >= 0.3 is 6.03 Å². The number of non-ortho nitro benzene ring substituents is 1. The molecule has 3 aromatic carbocycles. The topological polar surface area (TPSA) is 122 Å². The molecule has 0 fully saturated rings. The van der Waals surface area contributed by atoms with E-state index in [2.05, 4.69) is 20.8 Å². The van der Waals surface area contributed by atoms with Crippen molar-refractivity contribution < 1.29 is 14.5 Å². The number of H-pyrrole nitrogens is 1. The first kappa shape index (κ1) is 19.9. The van der Waals surface area contributed by atoms with Gasteiger partial charge in [0.15, 0.2) is 5.82 Å². The summed E-state index contributed by atoms with van der Waals surface area (Å²) < 4.78 is 5.80. The number of benzene rings is 3. The Labute approximate surface area is 177 Å². The van der Waals surface area contributed by atoms with Crippen molar-refractivity contribution in [3.63, 3.8) is 0 Å². The first-order valence-corrected chi connectivity index (χ1v) is 9.47. The summed E-state index contributed by atoms with van der Waals surface area (Å²) in [7, 11) is 0. The number of hydrogen-bond acceptors (Lipinski definition) is 5. The molecule has 1 heterocycles. The molecule has 0 aliphatic carbocycles. The summed E-state index contributed by atoms with van der Waals surface area (Å²) in [5.41, 5.74) is 3.35. The van der Waals surface area contributed by atoms with E-state index in [9.17, 15) is 14.9 Å². The fraction of sp³-hybridized carbons (Fsp3) is 0.0909. The molecule has 0 radical (unpaired) electrons. The fourth-order valence-electron chi connectivity index (χ4n) is 2.97. The molecule has 0 atom stereocenters. The second kappa shape index (κ2) is 8.54. The average Bonchev–Trinajstić information content (AvgIpc) is 3.16. The molecule has 0 spiro atoms. The SMILES string of the molecule is Cc1ccc(NC(=O)Nc2n[nH]c3ccc(OCc4ccc([N+](=O)[O-])cc4)cc23)cc1. The molecule has 3 N–H and O–H groups in total. The number of nitro benzene ring substituents is 1. The zero-order valence-corrected chi connectivity index (χ0v) is 16.6. The predicted molar refractivity (Wildman–Crippen MR) is 117 cm³/mol. The molecule has 2 amide bonds. The third-order valence-corrected chi connectivity index (χ3v) is 4.63. The van der Waals surface area contributed by atoms with Crippen LogP contribution in [0.5, 0.6) is 5.75 Å². The van der Waals surface area contributed by atoms with E-state index in [1.807, 2.05) is 31.2 Å². The fourth-order valence-corrected chi connectivity index (χ4v) is 2.97. The van der Waals surface area contributed by atoms with E-state index >= 15 is 0 Å². The predicted octanol–water partition coefficient (Wildman–Crippen LogP) is 5.00. The number of anilines is 2. The summed E-state index contributed by atoms with van der Waals surface area (Å²) in [6, 6.07) is 18.6. The Morgan fingerprint density at radius 3 is 2.52 bits per heavy atom. The standard InChI is InChI=1S/C22H19N5O4/c1-14-2-6-16(7-3-14)23-22(28)24-21-19-12-18(10-11-20(19)25-26-21)31-13-15-4-8-17(9-5-15)27(29)30/h2-12H,13H2,1H3,(H3,23,24,25,26,28). The lowest BCUT2D eigenvalue weighted by Crippen LogP contribution is -2.19. The summed E-state index contributed by atoms with van der Waals surface area (Å²) in [6.07, 6.45) is 0. The molecule has 0 aliphatic heterocycles. The van der Waals surface area contributed by atoms with E-state index in [-0.39, 0.29) is 12.3 Å². The number of ether oxygens (including phenoxy) is 1. The lowest BCUT2D eigenvalue weighted by molar-refractivity contribution is -0.384. The number of carbonyl (C=O) groups is 1. The number of hydrogen-bond donors (Lipinski definition) is 3. The average molecular weight is 417 g/mol. The van der Waals surface area contributed by atoms with Gasteiger partial charge in [-0.05, 0) is 55.0 Å². The van der Waals surface area contributed by atoms with Crippen LogP contribution in [0.1, 0.15) is 11.1 Å². The highest BCUT2D eigenvalue weighted by Crippen LogP contribution is 2.26. The van der Waals surface area contributed by atoms with Gasteiger partial charge in [-0.3, -0.25) is 20.5 Å². The van der Waals surface area contributed by atoms with Gasteiger partial charge in [-0.2, -0.15) is 5.10 Å². The summed E-state index contributed by atoms with van der Waals surface area (Å²) in [4.78, 5) is 22.6. The lowest BCUT2D eigenvalue weighted by Gasteiger charge is -2.08. The van der Waals surface area contributed by atoms with E-state index in [4.69, 9.17) is 4.74 Å². The number of nitrogens with zero attached hydrogens (tertiary/aromatic N) is 2. The van der Waals surface area contributed by atoms with Crippen molar-refractivity contribution in [2.24, 2.45) is 0 Å². The number of aryl methyl sites for hydroxylation is 1. The molecule has 9 heteroatoms. The highest BCUT2D eigenvalue weighted by molar-refractivity contribution is 6.04. The van der Waals surface area contributed by atoms with Gasteiger partial charge in [-0.15, -0.1) is 0 Å². The van der Waals surface area contributed by atoms with E-state index in [1.165, 1.54) is 12.1 Å². The molecule has 4 rings (SSSR count). The van der Waals surface area contributed by atoms with Crippen molar-refractivity contribution in [1.82, 2.24) is 10.2 Å². The van der Waals surface area contributed by atoms with Gasteiger partial charge in [0.25, 0.3) is 5.69 Å². The van der Waals surface area contributed by atoms with Crippen LogP contribution in [0, 0.1) is 17.0 Å². The Morgan fingerprint density at radius 1 is 1.06 bits per heavy atom. The van der Waals surface area contributed by atoms with Crippen molar-refractivity contribution >= 4 is 34.1 Å². The monoisotopic (exact) mass is 417 g/mol. The number of rotatable bonds is 6.